The first-order valence-corrected chi connectivity index (χ1v) is 7.77. The molecule has 0 amide bonds. The van der Waals surface area contributed by atoms with Crippen molar-refractivity contribution in [2.75, 3.05) is 13.7 Å². The number of nitrogens with zero attached hydrogens (tertiary/aromatic N) is 1. The van der Waals surface area contributed by atoms with E-state index in [0.29, 0.717) is 12.1 Å². The van der Waals surface area contributed by atoms with Crippen LogP contribution in [0.25, 0.3) is 0 Å². The molecule has 22 heavy (non-hydrogen) atoms. The standard InChI is InChI=1S/C17H23NO3.ClH/c1-18-13-7-8-14(18)10-15(9-13)21-17(20)16(11-19)12-5-3-2-4-6-12;/h2-6,13-16,19H,7-11H2,1H3;1H/t13-,14+,15+,16-;/m1./s1. The topological polar surface area (TPSA) is 49.8 Å². The summed E-state index contributed by atoms with van der Waals surface area (Å²) in [5.41, 5.74) is 0.820. The summed E-state index contributed by atoms with van der Waals surface area (Å²) in [6.45, 7) is -0.206. The molecule has 0 unspecified atom stereocenters. The summed E-state index contributed by atoms with van der Waals surface area (Å²) in [6.07, 6.45) is 4.26. The Labute approximate surface area is 137 Å². The van der Waals surface area contributed by atoms with E-state index >= 15 is 0 Å². The molecular formula is C17H24ClNO3. The van der Waals surface area contributed by atoms with Crippen molar-refractivity contribution in [3.05, 3.63) is 35.9 Å². The molecule has 2 bridgehead atoms. The van der Waals surface area contributed by atoms with Crippen molar-refractivity contribution < 1.29 is 14.6 Å². The molecule has 4 atom stereocenters. The molecule has 1 N–H and O–H groups in total. The van der Waals surface area contributed by atoms with E-state index in [1.807, 2.05) is 30.3 Å². The monoisotopic (exact) mass is 325 g/mol. The van der Waals surface area contributed by atoms with Crippen LogP contribution in [0.15, 0.2) is 30.3 Å². The summed E-state index contributed by atoms with van der Waals surface area (Å²) in [6, 6.07) is 10.5. The number of carbonyl (C=O) groups excluding carboxylic acids is 1. The summed E-state index contributed by atoms with van der Waals surface area (Å²) in [4.78, 5) is 14.8. The van der Waals surface area contributed by atoms with Crippen LogP contribution in [0.1, 0.15) is 37.2 Å². The average Bonchev–Trinajstić information content (AvgIpc) is 2.72. The molecule has 2 fully saturated rings. The molecule has 2 aliphatic heterocycles. The van der Waals surface area contributed by atoms with Crippen molar-refractivity contribution in [3.8, 4) is 0 Å². The number of aliphatic hydroxyl groups excluding tert-OH is 1. The number of esters is 1. The maximum Gasteiger partial charge on any atom is 0.316 e. The Morgan fingerprint density at radius 1 is 1.27 bits per heavy atom. The predicted octanol–water partition coefficient (Wildman–Crippen LogP) is 2.35. The number of halogens is 1. The molecular weight excluding hydrogens is 302 g/mol. The van der Waals surface area contributed by atoms with Gasteiger partial charge in [0.1, 0.15) is 12.0 Å². The quantitative estimate of drug-likeness (QED) is 0.863. The second-order valence-corrected chi connectivity index (χ2v) is 6.23. The van der Waals surface area contributed by atoms with Gasteiger partial charge in [-0.2, -0.15) is 0 Å². The SMILES string of the molecule is CN1[C@@H]2CC[C@H]1C[C@@H](OC(=O)[C@H](CO)c1ccccc1)C2.Cl. The first-order valence-electron chi connectivity index (χ1n) is 7.77. The highest BCUT2D eigenvalue weighted by Crippen LogP contribution is 2.36. The highest BCUT2D eigenvalue weighted by molar-refractivity contribution is 5.85. The van der Waals surface area contributed by atoms with Gasteiger partial charge in [-0.15, -0.1) is 12.4 Å². The Hall–Kier alpha value is -1.10. The average molecular weight is 326 g/mol. The maximum absolute atomic E-state index is 12.4. The third kappa shape index (κ3) is 3.45. The van der Waals surface area contributed by atoms with E-state index in [1.165, 1.54) is 12.8 Å². The van der Waals surface area contributed by atoms with Crippen molar-refractivity contribution in [1.29, 1.82) is 0 Å². The number of hydrogen-bond acceptors (Lipinski definition) is 4. The van der Waals surface area contributed by atoms with Gasteiger partial charge in [-0.1, -0.05) is 30.3 Å². The van der Waals surface area contributed by atoms with Crippen LogP contribution in [-0.2, 0) is 9.53 Å². The first-order chi connectivity index (χ1) is 10.2. The van der Waals surface area contributed by atoms with Crippen LogP contribution in [0.3, 0.4) is 0 Å². The predicted molar refractivity (Wildman–Crippen MR) is 87.2 cm³/mol. The molecule has 0 spiro atoms. The molecule has 4 nitrogen and oxygen atoms in total. The van der Waals surface area contributed by atoms with E-state index in [4.69, 9.17) is 4.74 Å². The Bertz CT molecular complexity index is 482. The number of benzene rings is 1. The van der Waals surface area contributed by atoms with Crippen LogP contribution in [0, 0.1) is 0 Å². The van der Waals surface area contributed by atoms with E-state index in [9.17, 15) is 9.90 Å². The minimum absolute atomic E-state index is 0. The molecule has 1 aromatic carbocycles. The number of ether oxygens (including phenoxy) is 1. The van der Waals surface area contributed by atoms with Crippen molar-refractivity contribution >= 4 is 18.4 Å². The number of carbonyl (C=O) groups is 1. The van der Waals surface area contributed by atoms with Gasteiger partial charge >= 0.3 is 5.97 Å². The summed E-state index contributed by atoms with van der Waals surface area (Å²) in [5, 5.41) is 9.53. The Kier molecular flexibility index (Phi) is 5.84. The summed E-state index contributed by atoms with van der Waals surface area (Å²) < 4.78 is 5.70. The summed E-state index contributed by atoms with van der Waals surface area (Å²) in [5.74, 6) is -0.860. The maximum atomic E-state index is 12.4. The van der Waals surface area contributed by atoms with Gasteiger partial charge in [-0.25, -0.2) is 0 Å². The number of fused-ring (bicyclic) bond motifs is 2. The lowest BCUT2D eigenvalue weighted by Gasteiger charge is -2.36. The van der Waals surface area contributed by atoms with Crippen LogP contribution in [0.2, 0.25) is 0 Å². The fraction of sp³-hybridized carbons (Fsp3) is 0.588. The van der Waals surface area contributed by atoms with Crippen LogP contribution < -0.4 is 0 Å². The zero-order valence-corrected chi connectivity index (χ0v) is 13.7. The number of piperidine rings is 1. The lowest BCUT2D eigenvalue weighted by atomic mass is 9.98. The second kappa shape index (κ2) is 7.44. The molecule has 0 saturated carbocycles. The fourth-order valence-corrected chi connectivity index (χ4v) is 3.71. The normalized spacial score (nSPS) is 28.7. The minimum atomic E-state index is -0.566. The third-order valence-electron chi connectivity index (χ3n) is 5.01. The highest BCUT2D eigenvalue weighted by Gasteiger charge is 2.40. The number of rotatable bonds is 4. The fourth-order valence-electron chi connectivity index (χ4n) is 3.71. The molecule has 0 radical (unpaired) electrons. The summed E-state index contributed by atoms with van der Waals surface area (Å²) >= 11 is 0. The molecule has 5 heteroatoms. The molecule has 2 saturated heterocycles. The van der Waals surface area contributed by atoms with Gasteiger partial charge in [0.15, 0.2) is 0 Å². The highest BCUT2D eigenvalue weighted by atomic mass is 35.5. The van der Waals surface area contributed by atoms with Crippen LogP contribution >= 0.6 is 12.4 Å². The van der Waals surface area contributed by atoms with Gasteiger partial charge in [0, 0.05) is 12.1 Å². The van der Waals surface area contributed by atoms with Gasteiger partial charge in [0.05, 0.1) is 6.61 Å². The third-order valence-corrected chi connectivity index (χ3v) is 5.01. The van der Waals surface area contributed by atoms with Gasteiger partial charge in [-0.3, -0.25) is 4.79 Å². The van der Waals surface area contributed by atoms with Gasteiger partial charge in [0.2, 0.25) is 0 Å². The lowest BCUT2D eigenvalue weighted by molar-refractivity contribution is -0.155. The van der Waals surface area contributed by atoms with Crippen molar-refractivity contribution in [2.45, 2.75) is 49.8 Å². The van der Waals surface area contributed by atoms with Gasteiger partial charge in [-0.05, 0) is 38.3 Å². The van der Waals surface area contributed by atoms with E-state index in [0.717, 1.165) is 18.4 Å². The van der Waals surface area contributed by atoms with Gasteiger partial charge < -0.3 is 14.7 Å². The molecule has 1 aromatic rings. The largest absolute Gasteiger partial charge is 0.462 e. The van der Waals surface area contributed by atoms with Crippen molar-refractivity contribution in [1.82, 2.24) is 4.90 Å². The zero-order valence-electron chi connectivity index (χ0n) is 12.9. The molecule has 0 aromatic heterocycles. The van der Waals surface area contributed by atoms with Crippen LogP contribution in [-0.4, -0.2) is 47.8 Å². The number of aliphatic hydroxyl groups is 1. The second-order valence-electron chi connectivity index (χ2n) is 6.23. The van der Waals surface area contributed by atoms with Crippen LogP contribution in [0.5, 0.6) is 0 Å². The zero-order chi connectivity index (χ0) is 14.8. The molecule has 3 rings (SSSR count). The van der Waals surface area contributed by atoms with Crippen molar-refractivity contribution in [3.63, 3.8) is 0 Å². The van der Waals surface area contributed by atoms with E-state index in [-0.39, 0.29) is 31.1 Å². The van der Waals surface area contributed by atoms with E-state index in [2.05, 4.69) is 11.9 Å². The molecule has 122 valence electrons. The Morgan fingerprint density at radius 2 is 1.86 bits per heavy atom. The smallest absolute Gasteiger partial charge is 0.316 e. The Morgan fingerprint density at radius 3 is 2.41 bits per heavy atom. The molecule has 0 aliphatic carbocycles. The first kappa shape index (κ1) is 17.3. The van der Waals surface area contributed by atoms with Gasteiger partial charge in [0.25, 0.3) is 0 Å². The number of hydrogen-bond donors (Lipinski definition) is 1. The molecule has 2 heterocycles. The summed E-state index contributed by atoms with van der Waals surface area (Å²) in [7, 11) is 2.17. The van der Waals surface area contributed by atoms with Crippen molar-refractivity contribution in [2.24, 2.45) is 0 Å². The van der Waals surface area contributed by atoms with E-state index in [1.54, 1.807) is 0 Å². The lowest BCUT2D eigenvalue weighted by Crippen LogP contribution is -2.43. The minimum Gasteiger partial charge on any atom is -0.462 e. The Balaban J connectivity index is 0.00000176. The molecule has 2 aliphatic rings. The van der Waals surface area contributed by atoms with Crippen LogP contribution in [0.4, 0.5) is 0 Å². The van der Waals surface area contributed by atoms with E-state index < -0.39 is 5.92 Å².